The summed E-state index contributed by atoms with van der Waals surface area (Å²) >= 11 is 1.43. The molecule has 0 unspecified atom stereocenters. The number of hydrogen-bond acceptors (Lipinski definition) is 9. The first-order valence-corrected chi connectivity index (χ1v) is 15.6. The number of aliphatic hydroxyl groups excluding tert-OH is 2. The molecule has 1 aliphatic heterocycles. The van der Waals surface area contributed by atoms with Gasteiger partial charge in [0.2, 0.25) is 0 Å². The van der Waals surface area contributed by atoms with Gasteiger partial charge in [0.05, 0.1) is 27.4 Å². The molecule has 10 heteroatoms. The highest BCUT2D eigenvalue weighted by Gasteiger charge is 2.46. The third-order valence-electron chi connectivity index (χ3n) is 9.00. The molecule has 6 rings (SSSR count). The van der Waals surface area contributed by atoms with Crippen molar-refractivity contribution in [2.75, 3.05) is 12.3 Å². The monoisotopic (exact) mass is 578 g/mol. The molecule has 1 saturated heterocycles. The molecule has 0 spiro atoms. The van der Waals surface area contributed by atoms with Gasteiger partial charge in [0, 0.05) is 30.6 Å². The quantitative estimate of drug-likeness (QED) is 0.236. The average molecular weight is 579 g/mol. The van der Waals surface area contributed by atoms with Crippen LogP contribution in [-0.4, -0.2) is 72.0 Å². The van der Waals surface area contributed by atoms with E-state index in [1.54, 1.807) is 0 Å². The molecule has 4 heterocycles. The lowest BCUT2D eigenvalue weighted by Crippen LogP contribution is -2.52. The fraction of sp³-hybridized carbons (Fsp3) is 0.581. The Bertz CT molecular complexity index is 1520. The van der Waals surface area contributed by atoms with Gasteiger partial charge in [-0.15, -0.1) is 11.3 Å². The van der Waals surface area contributed by atoms with Gasteiger partial charge in [-0.05, 0) is 67.5 Å². The molecule has 1 saturated carbocycles. The number of aromatic nitrogens is 4. The second-order valence-corrected chi connectivity index (χ2v) is 14.1. The number of nitrogens with zero attached hydrogens (tertiary/aromatic N) is 4. The van der Waals surface area contributed by atoms with Crippen molar-refractivity contribution in [1.29, 1.82) is 0 Å². The van der Waals surface area contributed by atoms with E-state index in [9.17, 15) is 10.2 Å². The van der Waals surface area contributed by atoms with Crippen molar-refractivity contribution >= 4 is 38.4 Å². The van der Waals surface area contributed by atoms with Gasteiger partial charge in [-0.2, -0.15) is 0 Å². The van der Waals surface area contributed by atoms with Crippen LogP contribution in [0.1, 0.15) is 76.9 Å². The first-order valence-electron chi connectivity index (χ1n) is 14.7. The number of ether oxygens (including phenoxy) is 1. The molecule has 4 atom stereocenters. The van der Waals surface area contributed by atoms with Crippen molar-refractivity contribution in [3.05, 3.63) is 46.9 Å². The number of aliphatic hydroxyl groups is 2. The molecule has 0 amide bonds. The van der Waals surface area contributed by atoms with E-state index in [1.807, 2.05) is 5.38 Å². The number of anilines is 1. The molecule has 4 aromatic rings. The van der Waals surface area contributed by atoms with Crippen molar-refractivity contribution in [2.45, 2.75) is 102 Å². The van der Waals surface area contributed by atoms with Crippen molar-refractivity contribution in [3.63, 3.8) is 0 Å². The van der Waals surface area contributed by atoms with Crippen LogP contribution in [0.15, 0.2) is 29.9 Å². The summed E-state index contributed by atoms with van der Waals surface area (Å²) in [6.45, 7) is 11.6. The molecule has 0 bridgehead atoms. The zero-order chi connectivity index (χ0) is 29.1. The SMILES string of the molecule is CC(C)N(C[C@H]1O[C@@H](c2csc3c(N)ncnc23)[C@H](O)[C@@H]1O)C1CC(CCc2nc3cc(C(C)(C)C)ccc3[nH]2)C1. The molecular formula is C31H42N6O3S. The van der Waals surface area contributed by atoms with E-state index in [-0.39, 0.29) is 5.41 Å². The third-order valence-corrected chi connectivity index (χ3v) is 10.0. The largest absolute Gasteiger partial charge is 0.388 e. The second kappa shape index (κ2) is 10.9. The molecular weight excluding hydrogens is 536 g/mol. The minimum atomic E-state index is -1.03. The Hall–Kier alpha value is -2.63. The van der Waals surface area contributed by atoms with Gasteiger partial charge in [0.25, 0.3) is 0 Å². The summed E-state index contributed by atoms with van der Waals surface area (Å²) in [5.74, 6) is 2.12. The minimum absolute atomic E-state index is 0.108. The molecule has 9 nitrogen and oxygen atoms in total. The highest BCUT2D eigenvalue weighted by Crippen LogP contribution is 2.42. The van der Waals surface area contributed by atoms with Crippen LogP contribution in [0.4, 0.5) is 5.82 Å². The van der Waals surface area contributed by atoms with E-state index in [0.29, 0.717) is 35.9 Å². The van der Waals surface area contributed by atoms with E-state index in [1.165, 1.54) is 23.2 Å². The number of aryl methyl sites for hydroxylation is 1. The normalized spacial score (nSPS) is 27.0. The van der Waals surface area contributed by atoms with Gasteiger partial charge in [0.15, 0.2) is 0 Å². The van der Waals surface area contributed by atoms with Gasteiger partial charge >= 0.3 is 0 Å². The summed E-state index contributed by atoms with van der Waals surface area (Å²) < 4.78 is 7.10. The molecule has 0 radical (unpaired) electrons. The summed E-state index contributed by atoms with van der Waals surface area (Å²) in [5.41, 5.74) is 11.0. The lowest BCUT2D eigenvalue weighted by Gasteiger charge is -2.46. The second-order valence-electron chi connectivity index (χ2n) is 13.2. The summed E-state index contributed by atoms with van der Waals surface area (Å²) in [6.07, 6.45) is 2.57. The number of rotatable bonds is 8. The van der Waals surface area contributed by atoms with Crippen LogP contribution < -0.4 is 5.73 Å². The lowest BCUT2D eigenvalue weighted by molar-refractivity contribution is -0.0432. The number of fused-ring (bicyclic) bond motifs is 2. The van der Waals surface area contributed by atoms with Crippen LogP contribution in [0.2, 0.25) is 0 Å². The van der Waals surface area contributed by atoms with Gasteiger partial charge in [-0.1, -0.05) is 26.8 Å². The van der Waals surface area contributed by atoms with Gasteiger partial charge in [0.1, 0.15) is 36.3 Å². The maximum absolute atomic E-state index is 11.0. The van der Waals surface area contributed by atoms with Gasteiger partial charge in [-0.3, -0.25) is 4.90 Å². The average Bonchev–Trinajstić information content (AvgIpc) is 3.58. The molecule has 1 aliphatic carbocycles. The maximum Gasteiger partial charge on any atom is 0.144 e. The molecule has 2 fully saturated rings. The number of thiophene rings is 1. The lowest BCUT2D eigenvalue weighted by atomic mass is 9.76. The summed E-state index contributed by atoms with van der Waals surface area (Å²) in [6, 6.07) is 7.29. The Morgan fingerprint density at radius 2 is 1.95 bits per heavy atom. The third kappa shape index (κ3) is 5.48. The van der Waals surface area contributed by atoms with E-state index in [4.69, 9.17) is 15.5 Å². The van der Waals surface area contributed by atoms with Crippen molar-refractivity contribution in [3.8, 4) is 0 Å². The number of nitrogens with two attached hydrogens (primary N) is 1. The minimum Gasteiger partial charge on any atom is -0.388 e. The molecule has 41 heavy (non-hydrogen) atoms. The first-order chi connectivity index (χ1) is 19.5. The van der Waals surface area contributed by atoms with E-state index < -0.39 is 24.4 Å². The topological polar surface area (TPSA) is 133 Å². The smallest absolute Gasteiger partial charge is 0.144 e. The maximum atomic E-state index is 11.0. The first kappa shape index (κ1) is 28.5. The Morgan fingerprint density at radius 3 is 2.68 bits per heavy atom. The fourth-order valence-electron chi connectivity index (χ4n) is 6.43. The van der Waals surface area contributed by atoms with E-state index in [2.05, 4.69) is 72.7 Å². The summed E-state index contributed by atoms with van der Waals surface area (Å²) in [7, 11) is 0. The van der Waals surface area contributed by atoms with Crippen LogP contribution in [0.5, 0.6) is 0 Å². The van der Waals surface area contributed by atoms with Crippen LogP contribution in [0.25, 0.3) is 21.3 Å². The highest BCUT2D eigenvalue weighted by molar-refractivity contribution is 7.18. The number of hydrogen-bond donors (Lipinski definition) is 4. The Labute approximate surface area is 245 Å². The predicted molar refractivity (Wildman–Crippen MR) is 163 cm³/mol. The molecule has 2 aliphatic rings. The number of aromatic amines is 1. The number of nitrogens with one attached hydrogen (secondary N) is 1. The highest BCUT2D eigenvalue weighted by atomic mass is 32.1. The Kier molecular flexibility index (Phi) is 7.57. The van der Waals surface area contributed by atoms with Crippen LogP contribution in [0, 0.1) is 5.92 Å². The predicted octanol–water partition coefficient (Wildman–Crippen LogP) is 4.73. The molecule has 220 valence electrons. The van der Waals surface area contributed by atoms with Crippen LogP contribution in [0.3, 0.4) is 0 Å². The van der Waals surface area contributed by atoms with Crippen LogP contribution in [-0.2, 0) is 16.6 Å². The van der Waals surface area contributed by atoms with Crippen molar-refractivity contribution < 1.29 is 14.9 Å². The zero-order valence-electron chi connectivity index (χ0n) is 24.5. The van der Waals surface area contributed by atoms with E-state index >= 15 is 0 Å². The van der Waals surface area contributed by atoms with Gasteiger partial charge in [-0.25, -0.2) is 15.0 Å². The van der Waals surface area contributed by atoms with Crippen molar-refractivity contribution in [2.24, 2.45) is 5.92 Å². The zero-order valence-corrected chi connectivity index (χ0v) is 25.4. The van der Waals surface area contributed by atoms with Gasteiger partial charge < -0.3 is 25.7 Å². The fourth-order valence-corrected chi connectivity index (χ4v) is 7.37. The number of H-pyrrole nitrogens is 1. The number of benzene rings is 1. The Morgan fingerprint density at radius 1 is 1.17 bits per heavy atom. The summed E-state index contributed by atoms with van der Waals surface area (Å²) in [5, 5.41) is 23.8. The molecule has 1 aromatic carbocycles. The summed E-state index contributed by atoms with van der Waals surface area (Å²) in [4.78, 5) is 19.3. The number of imidazole rings is 1. The standard InChI is InChI=1S/C31H42N6O3S/c1-16(2)37(13-23-26(38)27(39)28(40-23)20-14-41-29-25(20)33-15-34-30(29)32)19-10-17(11-19)6-9-24-35-21-8-7-18(31(3,4)5)12-22(21)36-24/h7-8,12,14-17,19,23,26-28,38-39H,6,9-11,13H2,1-5H3,(H,35,36)(H2,32,33,34)/t17?,19?,23-,26-,27-,28+/m1/s1. The van der Waals surface area contributed by atoms with E-state index in [0.717, 1.165) is 52.8 Å². The molecule has 5 N–H and O–H groups in total. The molecule has 3 aromatic heterocycles. The Balaban J connectivity index is 1.06. The van der Waals surface area contributed by atoms with Crippen LogP contribution >= 0.6 is 11.3 Å². The van der Waals surface area contributed by atoms with Crippen molar-refractivity contribution in [1.82, 2.24) is 24.8 Å². The number of nitrogen functional groups attached to an aromatic ring is 1.